The zero-order chi connectivity index (χ0) is 15.5. The molecule has 1 fully saturated rings. The number of phenolic OH excluding ortho intramolecular Hbond substituents is 1. The second kappa shape index (κ2) is 5.93. The summed E-state index contributed by atoms with van der Waals surface area (Å²) in [6, 6.07) is 7.18. The summed E-state index contributed by atoms with van der Waals surface area (Å²) < 4.78 is 5.27. The van der Waals surface area contributed by atoms with Crippen molar-refractivity contribution in [2.24, 2.45) is 0 Å². The highest BCUT2D eigenvalue weighted by molar-refractivity contribution is 5.67. The number of benzene rings is 1. The fourth-order valence-corrected chi connectivity index (χ4v) is 2.65. The van der Waals surface area contributed by atoms with E-state index in [1.807, 2.05) is 32.9 Å². The summed E-state index contributed by atoms with van der Waals surface area (Å²) in [5, 5.41) is 16.0. The summed E-state index contributed by atoms with van der Waals surface area (Å²) in [4.78, 5) is 11.8. The highest BCUT2D eigenvalue weighted by Crippen LogP contribution is 2.32. The molecule has 0 aliphatic carbocycles. The van der Waals surface area contributed by atoms with E-state index in [2.05, 4.69) is 10.6 Å². The summed E-state index contributed by atoms with van der Waals surface area (Å²) in [6.07, 6.45) is 1.52. The maximum Gasteiger partial charge on any atom is 0.407 e. The average molecular weight is 292 g/mol. The summed E-state index contributed by atoms with van der Waals surface area (Å²) in [7, 11) is 0. The lowest BCUT2D eigenvalue weighted by molar-refractivity contribution is 0.0511. The number of ether oxygens (including phenoxy) is 1. The summed E-state index contributed by atoms with van der Waals surface area (Å²) in [5.41, 5.74) is 0.136. The molecule has 0 spiro atoms. The maximum absolute atomic E-state index is 11.8. The van der Waals surface area contributed by atoms with E-state index in [0.717, 1.165) is 24.9 Å². The third-order valence-electron chi connectivity index (χ3n) is 3.58. The Balaban J connectivity index is 2.08. The van der Waals surface area contributed by atoms with Gasteiger partial charge in [-0.25, -0.2) is 4.79 Å². The SMILES string of the molecule is CC(C)(C)OC(=O)NCC1(c2cccc(O)c2)CCCN1. The van der Waals surface area contributed by atoms with E-state index in [1.165, 1.54) is 0 Å². The summed E-state index contributed by atoms with van der Waals surface area (Å²) in [6.45, 7) is 6.85. The van der Waals surface area contributed by atoms with Gasteiger partial charge in [-0.15, -0.1) is 0 Å². The number of amides is 1. The molecule has 5 nitrogen and oxygen atoms in total. The minimum Gasteiger partial charge on any atom is -0.508 e. The first-order valence-corrected chi connectivity index (χ1v) is 7.32. The van der Waals surface area contributed by atoms with Crippen LogP contribution in [0.25, 0.3) is 0 Å². The Kier molecular flexibility index (Phi) is 4.42. The molecule has 21 heavy (non-hydrogen) atoms. The molecular weight excluding hydrogens is 268 g/mol. The standard InChI is InChI=1S/C16H24N2O3/c1-15(2,3)21-14(20)17-11-16(8-5-9-18-16)12-6-4-7-13(19)10-12/h4,6-7,10,18-19H,5,8-9,11H2,1-3H3,(H,17,20). The van der Waals surface area contributed by atoms with Crippen LogP contribution in [0.5, 0.6) is 5.75 Å². The molecule has 1 aliphatic heterocycles. The first kappa shape index (κ1) is 15.6. The van der Waals surface area contributed by atoms with Crippen LogP contribution in [0.1, 0.15) is 39.2 Å². The molecule has 1 saturated heterocycles. The molecule has 0 radical (unpaired) electrons. The van der Waals surface area contributed by atoms with Gasteiger partial charge in [-0.1, -0.05) is 12.1 Å². The van der Waals surface area contributed by atoms with Crippen molar-refractivity contribution in [3.8, 4) is 5.75 Å². The Morgan fingerprint density at radius 2 is 2.24 bits per heavy atom. The van der Waals surface area contributed by atoms with Crippen LogP contribution in [0.4, 0.5) is 4.79 Å². The summed E-state index contributed by atoms with van der Waals surface area (Å²) >= 11 is 0. The minimum atomic E-state index is -0.509. The lowest BCUT2D eigenvalue weighted by atomic mass is 9.88. The van der Waals surface area contributed by atoms with Crippen LogP contribution in [0, 0.1) is 0 Å². The van der Waals surface area contributed by atoms with E-state index in [0.29, 0.717) is 6.54 Å². The molecule has 5 heteroatoms. The third kappa shape index (κ3) is 4.11. The molecule has 1 atom stereocenters. The van der Waals surface area contributed by atoms with E-state index < -0.39 is 11.7 Å². The van der Waals surface area contributed by atoms with Gasteiger partial charge in [0, 0.05) is 6.54 Å². The van der Waals surface area contributed by atoms with Gasteiger partial charge in [0.05, 0.1) is 5.54 Å². The Labute approximate surface area is 125 Å². The van der Waals surface area contributed by atoms with Crippen molar-refractivity contribution in [3.63, 3.8) is 0 Å². The van der Waals surface area contributed by atoms with E-state index in [-0.39, 0.29) is 11.3 Å². The van der Waals surface area contributed by atoms with Crippen molar-refractivity contribution < 1.29 is 14.6 Å². The van der Waals surface area contributed by atoms with Crippen molar-refractivity contribution in [2.75, 3.05) is 13.1 Å². The largest absolute Gasteiger partial charge is 0.508 e. The molecule has 2 rings (SSSR count). The number of rotatable bonds is 3. The minimum absolute atomic E-state index is 0.234. The number of phenols is 1. The van der Waals surface area contributed by atoms with Gasteiger partial charge in [0.2, 0.25) is 0 Å². The van der Waals surface area contributed by atoms with E-state index in [4.69, 9.17) is 4.74 Å². The Morgan fingerprint density at radius 1 is 1.48 bits per heavy atom. The first-order valence-electron chi connectivity index (χ1n) is 7.32. The number of hydrogen-bond donors (Lipinski definition) is 3. The number of aromatic hydroxyl groups is 1. The van der Waals surface area contributed by atoms with Crippen LogP contribution in [0.3, 0.4) is 0 Å². The number of carbonyl (C=O) groups is 1. The molecule has 1 heterocycles. The highest BCUT2D eigenvalue weighted by atomic mass is 16.6. The maximum atomic E-state index is 11.8. The normalized spacial score (nSPS) is 22.0. The molecule has 0 aromatic heterocycles. The van der Waals surface area contributed by atoms with E-state index in [1.54, 1.807) is 12.1 Å². The second-order valence-electron chi connectivity index (χ2n) is 6.52. The molecule has 0 bridgehead atoms. The molecule has 116 valence electrons. The lowest BCUT2D eigenvalue weighted by Gasteiger charge is -2.31. The fraction of sp³-hybridized carbons (Fsp3) is 0.562. The molecule has 1 aliphatic rings. The lowest BCUT2D eigenvalue weighted by Crippen LogP contribution is -2.48. The van der Waals surface area contributed by atoms with Crippen LogP contribution in [-0.2, 0) is 10.3 Å². The number of hydrogen-bond acceptors (Lipinski definition) is 4. The molecular formula is C16H24N2O3. The van der Waals surface area contributed by atoms with Crippen LogP contribution in [0.2, 0.25) is 0 Å². The van der Waals surface area contributed by atoms with E-state index in [9.17, 15) is 9.90 Å². The van der Waals surface area contributed by atoms with Crippen molar-refractivity contribution in [1.82, 2.24) is 10.6 Å². The summed E-state index contributed by atoms with van der Waals surface area (Å²) in [5.74, 6) is 0.234. The number of nitrogens with one attached hydrogen (secondary N) is 2. The van der Waals surface area contributed by atoms with Gasteiger partial charge in [-0.2, -0.15) is 0 Å². The fourth-order valence-electron chi connectivity index (χ4n) is 2.65. The van der Waals surface area contributed by atoms with Crippen molar-refractivity contribution in [3.05, 3.63) is 29.8 Å². The highest BCUT2D eigenvalue weighted by Gasteiger charge is 2.36. The van der Waals surface area contributed by atoms with Gasteiger partial charge in [0.25, 0.3) is 0 Å². The van der Waals surface area contributed by atoms with Gasteiger partial charge < -0.3 is 20.5 Å². The second-order valence-corrected chi connectivity index (χ2v) is 6.52. The predicted octanol–water partition coefficient (Wildman–Crippen LogP) is 2.50. The quantitative estimate of drug-likeness (QED) is 0.800. The van der Waals surface area contributed by atoms with Gasteiger partial charge in [0.1, 0.15) is 11.4 Å². The van der Waals surface area contributed by atoms with Crippen molar-refractivity contribution in [1.29, 1.82) is 0 Å². The van der Waals surface area contributed by atoms with Crippen molar-refractivity contribution in [2.45, 2.75) is 44.8 Å². The molecule has 1 aromatic carbocycles. The monoisotopic (exact) mass is 292 g/mol. The van der Waals surface area contributed by atoms with E-state index >= 15 is 0 Å². The third-order valence-corrected chi connectivity index (χ3v) is 3.58. The molecule has 1 aromatic rings. The smallest absolute Gasteiger partial charge is 0.407 e. The molecule has 0 saturated carbocycles. The predicted molar refractivity (Wildman–Crippen MR) is 81.3 cm³/mol. The number of alkyl carbamates (subject to hydrolysis) is 1. The molecule has 1 amide bonds. The van der Waals surface area contributed by atoms with Gasteiger partial charge in [0.15, 0.2) is 0 Å². The average Bonchev–Trinajstić information content (AvgIpc) is 2.84. The molecule has 1 unspecified atom stereocenters. The zero-order valence-corrected chi connectivity index (χ0v) is 12.9. The Hall–Kier alpha value is -1.75. The Bertz CT molecular complexity index is 502. The van der Waals surface area contributed by atoms with Crippen LogP contribution in [-0.4, -0.2) is 29.9 Å². The zero-order valence-electron chi connectivity index (χ0n) is 12.9. The van der Waals surface area contributed by atoms with Crippen molar-refractivity contribution >= 4 is 6.09 Å². The van der Waals surface area contributed by atoms with Crippen LogP contribution in [0.15, 0.2) is 24.3 Å². The van der Waals surface area contributed by atoms with Crippen LogP contribution >= 0.6 is 0 Å². The van der Waals surface area contributed by atoms with Gasteiger partial charge >= 0.3 is 6.09 Å². The topological polar surface area (TPSA) is 70.6 Å². The van der Waals surface area contributed by atoms with Crippen LogP contribution < -0.4 is 10.6 Å². The molecule has 3 N–H and O–H groups in total. The Morgan fingerprint density at radius 3 is 2.81 bits per heavy atom. The first-order chi connectivity index (χ1) is 9.81. The van der Waals surface area contributed by atoms with Gasteiger partial charge in [-0.3, -0.25) is 0 Å². The van der Waals surface area contributed by atoms with Gasteiger partial charge in [-0.05, 0) is 57.9 Å². The number of carbonyl (C=O) groups excluding carboxylic acids is 1.